The summed E-state index contributed by atoms with van der Waals surface area (Å²) in [6.07, 6.45) is 3.60. The number of nitrogens with zero attached hydrogens (tertiary/aromatic N) is 2. The van der Waals surface area contributed by atoms with Crippen LogP contribution in [0, 0.1) is 5.92 Å². The Balaban J connectivity index is 1.51. The van der Waals surface area contributed by atoms with Gasteiger partial charge in [-0.05, 0) is 56.4 Å². The Hall–Kier alpha value is -2.08. The number of carbonyl (C=O) groups excluding carboxylic acids is 2. The summed E-state index contributed by atoms with van der Waals surface area (Å²) in [5.41, 5.74) is 6.86. The van der Waals surface area contributed by atoms with Crippen LogP contribution in [0.25, 0.3) is 0 Å². The number of anilines is 1. The Bertz CT molecular complexity index is 615. The number of benzene rings is 1. The van der Waals surface area contributed by atoms with Crippen LogP contribution in [-0.2, 0) is 9.59 Å². The summed E-state index contributed by atoms with van der Waals surface area (Å²) in [5.74, 6) is 1.18. The summed E-state index contributed by atoms with van der Waals surface area (Å²) >= 11 is 0. The lowest BCUT2D eigenvalue weighted by Crippen LogP contribution is -2.46. The minimum atomic E-state index is 0.00384. The van der Waals surface area contributed by atoms with E-state index < -0.39 is 0 Å². The first-order valence-corrected chi connectivity index (χ1v) is 9.11. The Morgan fingerprint density at radius 2 is 2.04 bits per heavy atom. The van der Waals surface area contributed by atoms with Gasteiger partial charge in [-0.25, -0.2) is 0 Å². The van der Waals surface area contributed by atoms with Crippen LogP contribution in [0.1, 0.15) is 32.6 Å². The molecule has 0 bridgehead atoms. The molecule has 1 aromatic carbocycles. The molecule has 6 heteroatoms. The van der Waals surface area contributed by atoms with Crippen molar-refractivity contribution in [3.05, 3.63) is 24.3 Å². The van der Waals surface area contributed by atoms with E-state index in [0.29, 0.717) is 18.1 Å². The van der Waals surface area contributed by atoms with E-state index in [-0.39, 0.29) is 24.5 Å². The number of amides is 2. The highest BCUT2D eigenvalue weighted by molar-refractivity contribution is 5.95. The van der Waals surface area contributed by atoms with Crippen molar-refractivity contribution in [1.29, 1.82) is 0 Å². The predicted molar refractivity (Wildman–Crippen MR) is 96.5 cm³/mol. The highest BCUT2D eigenvalue weighted by Gasteiger charge is 2.26. The molecular formula is C19H27N3O3. The number of hydrogen-bond acceptors (Lipinski definition) is 4. The number of ether oxygens (including phenoxy) is 1. The van der Waals surface area contributed by atoms with Gasteiger partial charge in [-0.3, -0.25) is 9.59 Å². The Labute approximate surface area is 148 Å². The largest absolute Gasteiger partial charge is 0.484 e. The molecule has 6 nitrogen and oxygen atoms in total. The maximum atomic E-state index is 12.4. The summed E-state index contributed by atoms with van der Waals surface area (Å²) in [6.45, 7) is 4.31. The van der Waals surface area contributed by atoms with Crippen molar-refractivity contribution < 1.29 is 14.3 Å². The van der Waals surface area contributed by atoms with Crippen LogP contribution in [0.15, 0.2) is 24.3 Å². The molecule has 0 spiro atoms. The van der Waals surface area contributed by atoms with Crippen molar-refractivity contribution >= 4 is 17.5 Å². The fraction of sp³-hybridized carbons (Fsp3) is 0.579. The third-order valence-electron chi connectivity index (χ3n) is 5.14. The number of rotatable bonds is 5. The monoisotopic (exact) mass is 345 g/mol. The van der Waals surface area contributed by atoms with Crippen molar-refractivity contribution in [3.8, 4) is 5.75 Å². The second kappa shape index (κ2) is 7.87. The predicted octanol–water partition coefficient (Wildman–Crippen LogP) is 1.78. The number of likely N-dealkylation sites (tertiary alicyclic amines) is 1. The van der Waals surface area contributed by atoms with E-state index >= 15 is 0 Å². The lowest BCUT2D eigenvalue weighted by atomic mass is 9.92. The zero-order valence-electron chi connectivity index (χ0n) is 14.8. The average molecular weight is 345 g/mol. The Morgan fingerprint density at radius 3 is 2.68 bits per heavy atom. The summed E-state index contributed by atoms with van der Waals surface area (Å²) in [7, 11) is 0. The van der Waals surface area contributed by atoms with Crippen LogP contribution in [0.2, 0.25) is 0 Å². The van der Waals surface area contributed by atoms with Gasteiger partial charge in [-0.2, -0.15) is 0 Å². The van der Waals surface area contributed by atoms with Gasteiger partial charge in [0.1, 0.15) is 5.75 Å². The fourth-order valence-electron chi connectivity index (χ4n) is 3.55. The van der Waals surface area contributed by atoms with E-state index in [1.807, 2.05) is 36.1 Å². The minimum Gasteiger partial charge on any atom is -0.484 e. The highest BCUT2D eigenvalue weighted by atomic mass is 16.5. The van der Waals surface area contributed by atoms with Crippen molar-refractivity contribution in [2.45, 2.75) is 38.6 Å². The van der Waals surface area contributed by atoms with Gasteiger partial charge in [0.15, 0.2) is 6.61 Å². The van der Waals surface area contributed by atoms with E-state index in [0.717, 1.165) is 44.6 Å². The molecule has 25 heavy (non-hydrogen) atoms. The molecule has 2 aliphatic heterocycles. The van der Waals surface area contributed by atoms with Crippen LogP contribution in [0.4, 0.5) is 5.69 Å². The van der Waals surface area contributed by atoms with Gasteiger partial charge in [0.2, 0.25) is 5.91 Å². The normalized spacial score (nSPS) is 22.2. The molecule has 0 radical (unpaired) electrons. The molecule has 2 aliphatic rings. The average Bonchev–Trinajstić information content (AvgIpc) is 3.06. The van der Waals surface area contributed by atoms with E-state index in [1.54, 1.807) is 4.90 Å². The van der Waals surface area contributed by atoms with E-state index in [1.165, 1.54) is 0 Å². The Morgan fingerprint density at radius 1 is 1.28 bits per heavy atom. The van der Waals surface area contributed by atoms with Gasteiger partial charge in [0.05, 0.1) is 0 Å². The lowest BCUT2D eigenvalue weighted by Gasteiger charge is -2.34. The van der Waals surface area contributed by atoms with Gasteiger partial charge in [0.25, 0.3) is 5.91 Å². The maximum Gasteiger partial charge on any atom is 0.260 e. The topological polar surface area (TPSA) is 75.9 Å². The number of nitrogens with two attached hydrogens (primary N) is 1. The van der Waals surface area contributed by atoms with Crippen LogP contribution in [0.5, 0.6) is 5.75 Å². The highest BCUT2D eigenvalue weighted by Crippen LogP contribution is 2.24. The molecule has 0 aromatic heterocycles. The van der Waals surface area contributed by atoms with Gasteiger partial charge in [-0.15, -0.1) is 0 Å². The molecule has 0 saturated carbocycles. The smallest absolute Gasteiger partial charge is 0.260 e. The van der Waals surface area contributed by atoms with Crippen molar-refractivity contribution in [1.82, 2.24) is 4.90 Å². The fourth-order valence-corrected chi connectivity index (χ4v) is 3.55. The molecular weight excluding hydrogens is 318 g/mol. The molecule has 2 saturated heterocycles. The molecule has 2 fully saturated rings. The van der Waals surface area contributed by atoms with Crippen molar-refractivity contribution in [3.63, 3.8) is 0 Å². The zero-order chi connectivity index (χ0) is 17.8. The Kier molecular flexibility index (Phi) is 5.58. The van der Waals surface area contributed by atoms with Gasteiger partial charge < -0.3 is 20.3 Å². The third-order valence-corrected chi connectivity index (χ3v) is 5.14. The quantitative estimate of drug-likeness (QED) is 0.882. The second-order valence-electron chi connectivity index (χ2n) is 7.03. The van der Waals surface area contributed by atoms with Crippen LogP contribution in [0.3, 0.4) is 0 Å². The first-order valence-electron chi connectivity index (χ1n) is 9.11. The molecule has 2 unspecified atom stereocenters. The second-order valence-corrected chi connectivity index (χ2v) is 7.03. The maximum absolute atomic E-state index is 12.4. The van der Waals surface area contributed by atoms with E-state index in [4.69, 9.17) is 10.5 Å². The van der Waals surface area contributed by atoms with Crippen LogP contribution in [-0.4, -0.2) is 49.0 Å². The zero-order valence-corrected chi connectivity index (χ0v) is 14.8. The number of carbonyl (C=O) groups is 2. The molecule has 3 rings (SSSR count). The van der Waals surface area contributed by atoms with Gasteiger partial charge >= 0.3 is 0 Å². The van der Waals surface area contributed by atoms with Crippen molar-refractivity contribution in [2.24, 2.45) is 11.7 Å². The van der Waals surface area contributed by atoms with Gasteiger partial charge in [0, 0.05) is 37.8 Å². The van der Waals surface area contributed by atoms with E-state index in [9.17, 15) is 9.59 Å². The first kappa shape index (κ1) is 17.7. The summed E-state index contributed by atoms with van der Waals surface area (Å²) in [4.78, 5) is 27.8. The molecule has 136 valence electrons. The lowest BCUT2D eigenvalue weighted by molar-refractivity contribution is -0.135. The van der Waals surface area contributed by atoms with Gasteiger partial charge in [-0.1, -0.05) is 0 Å². The van der Waals surface area contributed by atoms with Crippen molar-refractivity contribution in [2.75, 3.05) is 31.1 Å². The van der Waals surface area contributed by atoms with Crippen LogP contribution < -0.4 is 15.4 Å². The molecule has 2 atom stereocenters. The third kappa shape index (κ3) is 4.31. The standard InChI is InChI=1S/C19H27N3O3/c1-14(20)15-4-2-10-21(12-15)19(24)13-25-17-8-6-16(7-9-17)22-11-3-5-18(22)23/h6-9,14-15H,2-5,10-13,20H2,1H3. The SMILES string of the molecule is CC(N)C1CCCN(C(=O)COc2ccc(N3CCCC3=O)cc2)C1. The number of hydrogen-bond donors (Lipinski definition) is 1. The molecule has 2 heterocycles. The summed E-state index contributed by atoms with van der Waals surface area (Å²) < 4.78 is 5.64. The molecule has 2 N–H and O–H groups in total. The molecule has 0 aliphatic carbocycles. The summed E-state index contributed by atoms with van der Waals surface area (Å²) in [5, 5.41) is 0. The summed E-state index contributed by atoms with van der Waals surface area (Å²) in [6, 6.07) is 7.48. The molecule has 2 amide bonds. The number of piperidine rings is 1. The van der Waals surface area contributed by atoms with E-state index in [2.05, 4.69) is 0 Å². The molecule has 1 aromatic rings. The minimum absolute atomic E-state index is 0.00384. The first-order chi connectivity index (χ1) is 12.0. The van der Waals surface area contributed by atoms with Crippen LogP contribution >= 0.6 is 0 Å².